The van der Waals surface area contributed by atoms with Gasteiger partial charge in [0.2, 0.25) is 0 Å². The van der Waals surface area contributed by atoms with Crippen molar-refractivity contribution in [1.29, 1.82) is 0 Å². The monoisotopic (exact) mass is 444 g/mol. The van der Waals surface area contributed by atoms with E-state index in [4.69, 9.17) is 32.7 Å². The van der Waals surface area contributed by atoms with Gasteiger partial charge in [-0.2, -0.15) is 0 Å². The number of hydrogen-bond acceptors (Lipinski definition) is 4. The molecule has 2 N–H and O–H groups in total. The fourth-order valence-corrected chi connectivity index (χ4v) is 3.41. The van der Waals surface area contributed by atoms with Crippen molar-refractivity contribution < 1.29 is 19.1 Å². The van der Waals surface area contributed by atoms with Crippen molar-refractivity contribution in [3.8, 4) is 11.5 Å². The number of benzene rings is 3. The molecule has 0 spiro atoms. The number of anilines is 2. The van der Waals surface area contributed by atoms with Crippen molar-refractivity contribution in [3.63, 3.8) is 0 Å². The SMILES string of the molecule is COc1cccc(NC(=O)c2ccccc2NC(=O)c2cc(Cl)c(OC)c(Cl)c2)c1. The number of amides is 2. The minimum atomic E-state index is -0.469. The van der Waals surface area contributed by atoms with Gasteiger partial charge in [0.15, 0.2) is 5.75 Å². The molecule has 0 heterocycles. The lowest BCUT2D eigenvalue weighted by molar-refractivity contribution is 0.102. The van der Waals surface area contributed by atoms with E-state index in [1.54, 1.807) is 55.6 Å². The van der Waals surface area contributed by atoms with E-state index in [9.17, 15) is 9.59 Å². The van der Waals surface area contributed by atoms with E-state index >= 15 is 0 Å². The van der Waals surface area contributed by atoms with Crippen LogP contribution in [0, 0.1) is 0 Å². The van der Waals surface area contributed by atoms with E-state index in [0.717, 1.165) is 0 Å². The Morgan fingerprint density at radius 3 is 2.17 bits per heavy atom. The number of rotatable bonds is 6. The highest BCUT2D eigenvalue weighted by Gasteiger charge is 2.17. The minimum absolute atomic E-state index is 0.208. The molecule has 0 saturated heterocycles. The number of hydrogen-bond donors (Lipinski definition) is 2. The summed E-state index contributed by atoms with van der Waals surface area (Å²) in [6.07, 6.45) is 0. The largest absolute Gasteiger partial charge is 0.497 e. The predicted molar refractivity (Wildman–Crippen MR) is 118 cm³/mol. The molecule has 0 radical (unpaired) electrons. The molecule has 0 unspecified atom stereocenters. The summed E-state index contributed by atoms with van der Waals surface area (Å²) < 4.78 is 10.3. The van der Waals surface area contributed by atoms with Crippen molar-refractivity contribution in [2.24, 2.45) is 0 Å². The average Bonchev–Trinajstić information content (AvgIpc) is 2.74. The lowest BCUT2D eigenvalue weighted by atomic mass is 10.1. The van der Waals surface area contributed by atoms with Crippen molar-refractivity contribution >= 4 is 46.4 Å². The van der Waals surface area contributed by atoms with Crippen LogP contribution in [0.2, 0.25) is 10.0 Å². The van der Waals surface area contributed by atoms with Crippen molar-refractivity contribution in [1.82, 2.24) is 0 Å². The molecule has 0 bridgehead atoms. The standard InChI is InChI=1S/C22H18Cl2N2O4/c1-29-15-7-5-6-14(12-15)25-22(28)16-8-3-4-9-19(16)26-21(27)13-10-17(23)20(30-2)18(24)11-13/h3-12H,1-2H3,(H,25,28)(H,26,27). The third-order valence-corrected chi connectivity index (χ3v) is 4.77. The second-order valence-electron chi connectivity index (χ2n) is 6.16. The molecule has 0 aromatic heterocycles. The first kappa shape index (κ1) is 21.5. The van der Waals surface area contributed by atoms with E-state index in [1.165, 1.54) is 19.2 Å². The number of methoxy groups -OCH3 is 2. The van der Waals surface area contributed by atoms with Gasteiger partial charge in [-0.1, -0.05) is 41.4 Å². The average molecular weight is 445 g/mol. The van der Waals surface area contributed by atoms with Gasteiger partial charge < -0.3 is 20.1 Å². The zero-order valence-corrected chi connectivity index (χ0v) is 17.7. The minimum Gasteiger partial charge on any atom is -0.497 e. The third-order valence-electron chi connectivity index (χ3n) is 4.21. The molecule has 6 nitrogen and oxygen atoms in total. The molecular weight excluding hydrogens is 427 g/mol. The first-order valence-electron chi connectivity index (χ1n) is 8.81. The molecular formula is C22H18Cl2N2O4. The van der Waals surface area contributed by atoms with Gasteiger partial charge in [0.1, 0.15) is 5.75 Å². The topological polar surface area (TPSA) is 76.7 Å². The Hall–Kier alpha value is -3.22. The Labute approximate surface area is 183 Å². The molecule has 30 heavy (non-hydrogen) atoms. The summed E-state index contributed by atoms with van der Waals surface area (Å²) in [5.74, 6) is 0.0450. The Morgan fingerprint density at radius 2 is 1.50 bits per heavy atom. The maximum absolute atomic E-state index is 12.8. The van der Waals surface area contributed by atoms with Crippen molar-refractivity contribution in [2.45, 2.75) is 0 Å². The van der Waals surface area contributed by atoms with Crippen LogP contribution in [0.1, 0.15) is 20.7 Å². The lowest BCUT2D eigenvalue weighted by Gasteiger charge is -2.13. The second kappa shape index (κ2) is 9.52. The second-order valence-corrected chi connectivity index (χ2v) is 6.97. The van der Waals surface area contributed by atoms with Crippen molar-refractivity contribution in [3.05, 3.63) is 81.8 Å². The zero-order valence-electron chi connectivity index (χ0n) is 16.2. The molecule has 3 aromatic rings. The molecule has 0 atom stereocenters. The summed E-state index contributed by atoms with van der Waals surface area (Å²) in [6.45, 7) is 0. The zero-order chi connectivity index (χ0) is 21.7. The van der Waals surface area contributed by atoms with Gasteiger partial charge in [-0.05, 0) is 36.4 Å². The molecule has 0 aliphatic heterocycles. The van der Waals surface area contributed by atoms with E-state index in [0.29, 0.717) is 22.7 Å². The number of carbonyl (C=O) groups excluding carboxylic acids is 2. The molecule has 0 aliphatic carbocycles. The maximum Gasteiger partial charge on any atom is 0.257 e. The van der Waals surface area contributed by atoms with Gasteiger partial charge >= 0.3 is 0 Å². The van der Waals surface area contributed by atoms with Gasteiger partial charge in [0.05, 0.1) is 35.5 Å². The van der Waals surface area contributed by atoms with Crippen LogP contribution in [-0.2, 0) is 0 Å². The highest BCUT2D eigenvalue weighted by molar-refractivity contribution is 6.37. The van der Waals surface area contributed by atoms with E-state index in [1.807, 2.05) is 0 Å². The van der Waals surface area contributed by atoms with Crippen LogP contribution in [0.25, 0.3) is 0 Å². The van der Waals surface area contributed by atoms with Crippen LogP contribution in [-0.4, -0.2) is 26.0 Å². The lowest BCUT2D eigenvalue weighted by Crippen LogP contribution is -2.18. The van der Waals surface area contributed by atoms with Crippen LogP contribution in [0.15, 0.2) is 60.7 Å². The predicted octanol–water partition coefficient (Wildman–Crippen LogP) is 5.52. The smallest absolute Gasteiger partial charge is 0.257 e. The quantitative estimate of drug-likeness (QED) is 0.524. The van der Waals surface area contributed by atoms with Crippen LogP contribution >= 0.6 is 23.2 Å². The van der Waals surface area contributed by atoms with Gasteiger partial charge in [0.25, 0.3) is 11.8 Å². The molecule has 0 aliphatic rings. The van der Waals surface area contributed by atoms with Gasteiger partial charge in [-0.15, -0.1) is 0 Å². The molecule has 3 aromatic carbocycles. The maximum atomic E-state index is 12.8. The number of carbonyl (C=O) groups is 2. The van der Waals surface area contributed by atoms with Crippen LogP contribution < -0.4 is 20.1 Å². The molecule has 8 heteroatoms. The molecule has 0 fully saturated rings. The van der Waals surface area contributed by atoms with E-state index in [-0.39, 0.29) is 27.3 Å². The van der Waals surface area contributed by atoms with Gasteiger partial charge in [0, 0.05) is 17.3 Å². The third kappa shape index (κ3) is 4.84. The first-order valence-corrected chi connectivity index (χ1v) is 9.57. The van der Waals surface area contributed by atoms with Crippen LogP contribution in [0.5, 0.6) is 11.5 Å². The Morgan fingerprint density at radius 1 is 0.800 bits per heavy atom. The highest BCUT2D eigenvalue weighted by atomic mass is 35.5. The summed E-state index contributed by atoms with van der Waals surface area (Å²) in [7, 11) is 2.98. The van der Waals surface area contributed by atoms with Gasteiger partial charge in [-0.25, -0.2) is 0 Å². The summed E-state index contributed by atoms with van der Waals surface area (Å²) in [5.41, 5.74) is 1.42. The normalized spacial score (nSPS) is 10.3. The van der Waals surface area contributed by atoms with Crippen LogP contribution in [0.3, 0.4) is 0 Å². The fourth-order valence-electron chi connectivity index (χ4n) is 2.77. The number of nitrogens with one attached hydrogen (secondary N) is 2. The van der Waals surface area contributed by atoms with E-state index < -0.39 is 5.91 Å². The number of ether oxygens (including phenoxy) is 2. The van der Waals surface area contributed by atoms with Gasteiger partial charge in [-0.3, -0.25) is 9.59 Å². The number of para-hydroxylation sites is 1. The molecule has 154 valence electrons. The summed E-state index contributed by atoms with van der Waals surface area (Å²) in [5, 5.41) is 5.93. The van der Waals surface area contributed by atoms with E-state index in [2.05, 4.69) is 10.6 Å². The first-order chi connectivity index (χ1) is 14.4. The van der Waals surface area contributed by atoms with Crippen LogP contribution in [0.4, 0.5) is 11.4 Å². The highest BCUT2D eigenvalue weighted by Crippen LogP contribution is 2.34. The van der Waals surface area contributed by atoms with Crippen molar-refractivity contribution in [2.75, 3.05) is 24.9 Å². The Balaban J connectivity index is 1.83. The molecule has 0 saturated carbocycles. The Kier molecular flexibility index (Phi) is 6.82. The number of halogens is 2. The summed E-state index contributed by atoms with van der Waals surface area (Å²) >= 11 is 12.2. The molecule has 2 amide bonds. The summed E-state index contributed by atoms with van der Waals surface area (Å²) in [4.78, 5) is 25.5. The summed E-state index contributed by atoms with van der Waals surface area (Å²) in [6, 6.07) is 16.5. The molecule has 3 rings (SSSR count). The Bertz CT molecular complexity index is 1080. The fraction of sp³-hybridized carbons (Fsp3) is 0.0909.